The van der Waals surface area contributed by atoms with Crippen molar-refractivity contribution in [3.8, 4) is 0 Å². The lowest BCUT2D eigenvalue weighted by Crippen LogP contribution is -2.50. The Kier molecular flexibility index (Phi) is 5.31. The number of aromatic nitrogens is 1. The van der Waals surface area contributed by atoms with Crippen molar-refractivity contribution in [1.29, 1.82) is 0 Å². The van der Waals surface area contributed by atoms with Gasteiger partial charge in [-0.05, 0) is 25.1 Å². The van der Waals surface area contributed by atoms with Crippen molar-refractivity contribution in [2.75, 3.05) is 26.2 Å². The zero-order valence-corrected chi connectivity index (χ0v) is 15.5. The number of carbonyl (C=O) groups excluding carboxylic acids is 1. The summed E-state index contributed by atoms with van der Waals surface area (Å²) < 4.78 is 26.8. The maximum Gasteiger partial charge on any atom is 0.246 e. The summed E-state index contributed by atoms with van der Waals surface area (Å²) in [5.74, 6) is -0.125. The smallest absolute Gasteiger partial charge is 0.246 e. The van der Waals surface area contributed by atoms with Crippen molar-refractivity contribution in [3.05, 3.63) is 52.5 Å². The Hall–Kier alpha value is -2.03. The maximum absolute atomic E-state index is 12.7. The Balaban J connectivity index is 1.61. The van der Waals surface area contributed by atoms with E-state index in [0.29, 0.717) is 31.1 Å². The normalized spacial score (nSPS) is 16.4. The molecular weight excluding hydrogens is 358 g/mol. The number of aryl methyl sites for hydroxylation is 1. The van der Waals surface area contributed by atoms with Gasteiger partial charge in [-0.15, -0.1) is 11.3 Å². The van der Waals surface area contributed by atoms with E-state index in [-0.39, 0.29) is 5.91 Å². The summed E-state index contributed by atoms with van der Waals surface area (Å²) in [6.07, 6.45) is 3.16. The van der Waals surface area contributed by atoms with Gasteiger partial charge >= 0.3 is 0 Å². The molecule has 2 heterocycles. The SMILES string of the molecule is Cc1ccc(S(=O)(=O)N2CCN(C(=O)/C=C/c3cscn3)CC2)cc1. The maximum atomic E-state index is 12.7. The lowest BCUT2D eigenvalue weighted by molar-refractivity contribution is -0.127. The van der Waals surface area contributed by atoms with Crippen molar-refractivity contribution < 1.29 is 13.2 Å². The van der Waals surface area contributed by atoms with Crippen LogP contribution < -0.4 is 0 Å². The van der Waals surface area contributed by atoms with E-state index in [1.54, 1.807) is 40.8 Å². The van der Waals surface area contributed by atoms with Gasteiger partial charge in [0.1, 0.15) is 0 Å². The van der Waals surface area contributed by atoms with Crippen molar-refractivity contribution >= 4 is 33.3 Å². The third kappa shape index (κ3) is 4.15. The van der Waals surface area contributed by atoms with Gasteiger partial charge in [0.05, 0.1) is 16.1 Å². The molecule has 0 saturated carbocycles. The Morgan fingerprint density at radius 3 is 2.44 bits per heavy atom. The molecule has 3 rings (SSSR count). The van der Waals surface area contributed by atoms with Gasteiger partial charge in [0.15, 0.2) is 0 Å². The highest BCUT2D eigenvalue weighted by molar-refractivity contribution is 7.89. The molecule has 1 aromatic carbocycles. The first-order chi connectivity index (χ1) is 12.0. The third-order valence-corrected chi connectivity index (χ3v) is 6.57. The van der Waals surface area contributed by atoms with E-state index >= 15 is 0 Å². The summed E-state index contributed by atoms with van der Waals surface area (Å²) in [5.41, 5.74) is 3.47. The average Bonchev–Trinajstić information content (AvgIpc) is 3.14. The Bertz CT molecular complexity index is 851. The fourth-order valence-corrected chi connectivity index (χ4v) is 4.52. The summed E-state index contributed by atoms with van der Waals surface area (Å²) in [4.78, 5) is 18.2. The van der Waals surface area contributed by atoms with Crippen molar-refractivity contribution in [2.24, 2.45) is 0 Å². The van der Waals surface area contributed by atoms with Gasteiger partial charge in [0.2, 0.25) is 15.9 Å². The lowest BCUT2D eigenvalue weighted by atomic mass is 10.2. The molecule has 6 nitrogen and oxygen atoms in total. The van der Waals surface area contributed by atoms with E-state index in [9.17, 15) is 13.2 Å². The molecule has 0 aliphatic carbocycles. The van der Waals surface area contributed by atoms with Gasteiger partial charge < -0.3 is 4.90 Å². The first-order valence-corrected chi connectivity index (χ1v) is 10.3. The summed E-state index contributed by atoms with van der Waals surface area (Å²) in [6.45, 7) is 3.27. The molecule has 0 N–H and O–H groups in total. The van der Waals surface area contributed by atoms with Crippen LogP contribution >= 0.6 is 11.3 Å². The molecule has 25 heavy (non-hydrogen) atoms. The minimum absolute atomic E-state index is 0.125. The second-order valence-corrected chi connectivity index (χ2v) is 8.45. The fraction of sp³-hybridized carbons (Fsp3) is 0.294. The zero-order valence-electron chi connectivity index (χ0n) is 13.8. The number of carbonyl (C=O) groups is 1. The number of piperazine rings is 1. The molecule has 2 aromatic rings. The van der Waals surface area contributed by atoms with Crippen LogP contribution in [-0.4, -0.2) is 54.7 Å². The highest BCUT2D eigenvalue weighted by Crippen LogP contribution is 2.18. The fourth-order valence-electron chi connectivity index (χ4n) is 2.57. The van der Waals surface area contributed by atoms with Gasteiger partial charge in [-0.2, -0.15) is 4.31 Å². The molecule has 1 fully saturated rings. The van der Waals surface area contributed by atoms with Crippen molar-refractivity contribution in [1.82, 2.24) is 14.2 Å². The average molecular weight is 377 g/mol. The van der Waals surface area contributed by atoms with E-state index < -0.39 is 10.0 Å². The summed E-state index contributed by atoms with van der Waals surface area (Å²) >= 11 is 1.47. The number of thiazole rings is 1. The van der Waals surface area contributed by atoms with E-state index in [1.165, 1.54) is 21.7 Å². The van der Waals surface area contributed by atoms with Crippen LogP contribution in [0.5, 0.6) is 0 Å². The minimum Gasteiger partial charge on any atom is -0.337 e. The molecule has 0 unspecified atom stereocenters. The second kappa shape index (κ2) is 7.47. The van der Waals surface area contributed by atoms with Crippen molar-refractivity contribution in [2.45, 2.75) is 11.8 Å². The van der Waals surface area contributed by atoms with Crippen LogP contribution in [0.4, 0.5) is 0 Å². The van der Waals surface area contributed by atoms with Crippen LogP contribution in [0.3, 0.4) is 0 Å². The molecule has 1 saturated heterocycles. The number of benzene rings is 1. The van der Waals surface area contributed by atoms with E-state index in [4.69, 9.17) is 0 Å². The van der Waals surface area contributed by atoms with Crippen LogP contribution in [0, 0.1) is 6.92 Å². The number of hydrogen-bond acceptors (Lipinski definition) is 5. The molecule has 132 valence electrons. The van der Waals surface area contributed by atoms with Crippen LogP contribution in [-0.2, 0) is 14.8 Å². The van der Waals surface area contributed by atoms with E-state index in [1.807, 2.05) is 12.3 Å². The van der Waals surface area contributed by atoms with Gasteiger partial charge in [-0.1, -0.05) is 17.7 Å². The van der Waals surface area contributed by atoms with Crippen LogP contribution in [0.1, 0.15) is 11.3 Å². The van der Waals surface area contributed by atoms with Crippen LogP contribution in [0.25, 0.3) is 6.08 Å². The number of sulfonamides is 1. The summed E-state index contributed by atoms with van der Waals surface area (Å²) in [7, 11) is -3.51. The highest BCUT2D eigenvalue weighted by atomic mass is 32.2. The predicted octanol–water partition coefficient (Wildman–Crippen LogP) is 2.00. The molecule has 0 spiro atoms. The zero-order chi connectivity index (χ0) is 17.9. The van der Waals surface area contributed by atoms with Gasteiger partial charge in [0, 0.05) is 37.6 Å². The molecule has 1 aromatic heterocycles. The molecular formula is C17H19N3O3S2. The van der Waals surface area contributed by atoms with Crippen LogP contribution in [0.2, 0.25) is 0 Å². The Morgan fingerprint density at radius 2 is 1.84 bits per heavy atom. The highest BCUT2D eigenvalue weighted by Gasteiger charge is 2.29. The molecule has 0 atom stereocenters. The molecule has 1 aliphatic rings. The minimum atomic E-state index is -3.51. The molecule has 8 heteroatoms. The van der Waals surface area contributed by atoms with Crippen molar-refractivity contribution in [3.63, 3.8) is 0 Å². The first-order valence-electron chi connectivity index (χ1n) is 7.89. The number of nitrogens with zero attached hydrogens (tertiary/aromatic N) is 3. The third-order valence-electron chi connectivity index (χ3n) is 4.06. The topological polar surface area (TPSA) is 70.6 Å². The largest absolute Gasteiger partial charge is 0.337 e. The standard InChI is InChI=1S/C17H19N3O3S2/c1-14-2-5-16(6-3-14)25(22,23)20-10-8-19(9-11-20)17(21)7-4-15-12-24-13-18-15/h2-7,12-13H,8-11H2,1H3/b7-4+. The number of amides is 1. The lowest BCUT2D eigenvalue weighted by Gasteiger charge is -2.33. The predicted molar refractivity (Wildman–Crippen MR) is 97.7 cm³/mol. The van der Waals surface area contributed by atoms with Gasteiger partial charge in [-0.3, -0.25) is 4.79 Å². The van der Waals surface area contributed by atoms with E-state index in [2.05, 4.69) is 4.98 Å². The van der Waals surface area contributed by atoms with Gasteiger partial charge in [-0.25, -0.2) is 13.4 Å². The van der Waals surface area contributed by atoms with Crippen LogP contribution in [0.15, 0.2) is 46.1 Å². The summed E-state index contributed by atoms with van der Waals surface area (Å²) in [6, 6.07) is 6.82. The first kappa shape index (κ1) is 17.8. The molecule has 0 radical (unpaired) electrons. The molecule has 1 amide bonds. The summed E-state index contributed by atoms with van der Waals surface area (Å²) in [5, 5.41) is 1.86. The second-order valence-electron chi connectivity index (χ2n) is 5.79. The number of hydrogen-bond donors (Lipinski definition) is 0. The molecule has 0 bridgehead atoms. The number of rotatable bonds is 4. The molecule has 1 aliphatic heterocycles. The Morgan fingerprint density at radius 1 is 1.16 bits per heavy atom. The van der Waals surface area contributed by atoms with Gasteiger partial charge in [0.25, 0.3) is 0 Å². The monoisotopic (exact) mass is 377 g/mol. The Labute approximate surface area is 151 Å². The van der Waals surface area contributed by atoms with E-state index in [0.717, 1.165) is 11.3 Å². The quantitative estimate of drug-likeness (QED) is 0.764.